The summed E-state index contributed by atoms with van der Waals surface area (Å²) >= 11 is -3.41. The van der Waals surface area contributed by atoms with Crippen LogP contribution in [-0.4, -0.2) is 13.0 Å². The van der Waals surface area contributed by atoms with Gasteiger partial charge in [-0.05, 0) is 24.3 Å². The summed E-state index contributed by atoms with van der Waals surface area (Å²) in [7, 11) is 0. The van der Waals surface area contributed by atoms with E-state index >= 15 is 0 Å². The zero-order valence-electron chi connectivity index (χ0n) is 12.3. The fourth-order valence-electron chi connectivity index (χ4n) is 3.29. The van der Waals surface area contributed by atoms with Gasteiger partial charge in [0.25, 0.3) is 0 Å². The lowest BCUT2D eigenvalue weighted by atomic mass is 10.2. The van der Waals surface area contributed by atoms with Gasteiger partial charge in [0.05, 0.1) is 21.6 Å². The molecule has 0 saturated carbocycles. The highest BCUT2D eigenvalue weighted by molar-refractivity contribution is 7.96. The lowest BCUT2D eigenvalue weighted by molar-refractivity contribution is 0.578. The highest BCUT2D eigenvalue weighted by atomic mass is 32.3. The lowest BCUT2D eigenvalue weighted by Crippen LogP contribution is -2.00. The van der Waals surface area contributed by atoms with Crippen molar-refractivity contribution in [1.29, 1.82) is 0 Å². The zero-order chi connectivity index (χ0) is 16.3. The Labute approximate surface area is 143 Å². The molecule has 0 bridgehead atoms. The van der Waals surface area contributed by atoms with Gasteiger partial charge in [0.2, 0.25) is 22.2 Å². The molecule has 118 valence electrons. The Morgan fingerprint density at radius 2 is 1.33 bits per heavy atom. The second-order valence-electron chi connectivity index (χ2n) is 5.51. The smallest absolute Gasteiger partial charge is 0.206 e. The average molecular weight is 353 g/mol. The van der Waals surface area contributed by atoms with Gasteiger partial charge in [-0.25, -0.2) is 8.42 Å². The third kappa shape index (κ3) is 1.81. The SMILES string of the molecule is O=S1O[S@](=O)c2c(-n3c4ccccc4c4ccccc43)cccc21. The molecular formula is C18H11NO3S2. The van der Waals surface area contributed by atoms with Crippen molar-refractivity contribution in [2.24, 2.45) is 0 Å². The Balaban J connectivity index is 1.98. The number of hydrogen-bond donors (Lipinski definition) is 0. The first kappa shape index (κ1) is 14.1. The van der Waals surface area contributed by atoms with Gasteiger partial charge in [-0.3, -0.25) is 0 Å². The van der Waals surface area contributed by atoms with E-state index in [2.05, 4.69) is 16.7 Å². The molecule has 2 heterocycles. The fraction of sp³-hybridized carbons (Fsp3) is 0. The molecule has 0 radical (unpaired) electrons. The summed E-state index contributed by atoms with van der Waals surface area (Å²) in [5.41, 5.74) is 2.78. The maximum atomic E-state index is 12.3. The minimum Gasteiger partial charge on any atom is -0.308 e. The van der Waals surface area contributed by atoms with Crippen molar-refractivity contribution in [1.82, 2.24) is 4.57 Å². The van der Waals surface area contributed by atoms with E-state index < -0.39 is 22.2 Å². The first-order valence-corrected chi connectivity index (χ1v) is 9.54. The number of fused-ring (bicyclic) bond motifs is 4. The topological polar surface area (TPSA) is 48.3 Å². The summed E-state index contributed by atoms with van der Waals surface area (Å²) in [5.74, 6) is 0. The van der Waals surface area contributed by atoms with E-state index in [1.165, 1.54) is 0 Å². The summed E-state index contributed by atoms with van der Waals surface area (Å²) in [4.78, 5) is 0.968. The summed E-state index contributed by atoms with van der Waals surface area (Å²) in [5, 5.41) is 2.24. The normalized spacial score (nSPS) is 19.8. The van der Waals surface area contributed by atoms with Crippen molar-refractivity contribution in [2.45, 2.75) is 9.79 Å². The van der Waals surface area contributed by atoms with E-state index in [0.29, 0.717) is 9.79 Å². The maximum absolute atomic E-state index is 12.3. The zero-order valence-corrected chi connectivity index (χ0v) is 14.0. The largest absolute Gasteiger partial charge is 0.308 e. The number of rotatable bonds is 1. The van der Waals surface area contributed by atoms with Crippen LogP contribution in [-0.2, 0) is 25.8 Å². The van der Waals surface area contributed by atoms with Crippen LogP contribution in [0.1, 0.15) is 0 Å². The van der Waals surface area contributed by atoms with Crippen LogP contribution in [0.5, 0.6) is 0 Å². The van der Waals surface area contributed by atoms with Gasteiger partial charge in [0, 0.05) is 10.8 Å². The van der Waals surface area contributed by atoms with Crippen molar-refractivity contribution < 1.29 is 12.0 Å². The monoisotopic (exact) mass is 353 g/mol. The van der Waals surface area contributed by atoms with Gasteiger partial charge in [0.15, 0.2) is 0 Å². The summed E-state index contributed by atoms with van der Waals surface area (Å²) < 4.78 is 31.4. The Hall–Kier alpha value is -2.28. The molecule has 0 amide bonds. The molecule has 0 fully saturated rings. The first-order valence-electron chi connectivity index (χ1n) is 7.39. The highest BCUT2D eigenvalue weighted by Gasteiger charge is 2.31. The molecule has 1 aromatic heterocycles. The predicted octanol–water partition coefficient (Wildman–Crippen LogP) is 3.86. The molecule has 1 aliphatic heterocycles. The summed E-state index contributed by atoms with van der Waals surface area (Å²) in [6.07, 6.45) is 0. The van der Waals surface area contributed by atoms with Crippen molar-refractivity contribution >= 4 is 44.0 Å². The van der Waals surface area contributed by atoms with E-state index in [0.717, 1.165) is 27.5 Å². The van der Waals surface area contributed by atoms with E-state index in [1.807, 2.05) is 48.5 Å². The quantitative estimate of drug-likeness (QED) is 0.522. The molecule has 1 aliphatic rings. The van der Waals surface area contributed by atoms with Crippen molar-refractivity contribution in [2.75, 3.05) is 0 Å². The van der Waals surface area contributed by atoms with Crippen molar-refractivity contribution in [3.05, 3.63) is 66.7 Å². The fourth-order valence-corrected chi connectivity index (χ4v) is 5.72. The van der Waals surface area contributed by atoms with Gasteiger partial charge in [-0.1, -0.05) is 42.5 Å². The third-order valence-corrected chi connectivity index (χ3v) is 6.83. The number of hydrogen-bond acceptors (Lipinski definition) is 3. The van der Waals surface area contributed by atoms with Gasteiger partial charge in [-0.15, -0.1) is 0 Å². The Morgan fingerprint density at radius 3 is 2.00 bits per heavy atom. The molecule has 2 atom stereocenters. The van der Waals surface area contributed by atoms with Crippen molar-refractivity contribution in [3.63, 3.8) is 0 Å². The van der Waals surface area contributed by atoms with Gasteiger partial charge < -0.3 is 4.57 Å². The van der Waals surface area contributed by atoms with Crippen LogP contribution < -0.4 is 0 Å². The maximum Gasteiger partial charge on any atom is 0.206 e. The minimum atomic E-state index is -1.73. The number of para-hydroxylation sites is 2. The first-order chi connectivity index (χ1) is 11.8. The molecule has 6 heteroatoms. The van der Waals surface area contributed by atoms with Crippen LogP contribution in [0.2, 0.25) is 0 Å². The molecule has 4 nitrogen and oxygen atoms in total. The molecule has 0 spiro atoms. The van der Waals surface area contributed by atoms with Crippen LogP contribution in [0.3, 0.4) is 0 Å². The molecule has 5 rings (SSSR count). The molecule has 0 N–H and O–H groups in total. The van der Waals surface area contributed by atoms with Crippen LogP contribution in [0.15, 0.2) is 76.5 Å². The lowest BCUT2D eigenvalue weighted by Gasteiger charge is -2.10. The molecule has 0 aliphatic carbocycles. The van der Waals surface area contributed by atoms with Crippen molar-refractivity contribution in [3.8, 4) is 5.69 Å². The van der Waals surface area contributed by atoms with Gasteiger partial charge in [0.1, 0.15) is 4.90 Å². The summed E-state index contributed by atoms with van der Waals surface area (Å²) in [6.45, 7) is 0. The molecule has 3 aromatic carbocycles. The standard InChI is InChI=1S/C18H11NO3S2/c20-23-17-11-5-10-16(18(17)24(21)22-23)19-14-8-3-1-6-12(14)13-7-2-4-9-15(13)19/h1-11H/t23?,24-/m0/s1. The van der Waals surface area contributed by atoms with Crippen LogP contribution in [0, 0.1) is 0 Å². The van der Waals surface area contributed by atoms with Gasteiger partial charge >= 0.3 is 0 Å². The molecule has 24 heavy (non-hydrogen) atoms. The second-order valence-corrected chi connectivity index (χ2v) is 7.84. The Kier molecular flexibility index (Phi) is 3.00. The number of aromatic nitrogens is 1. The van der Waals surface area contributed by atoms with Gasteiger partial charge in [-0.2, -0.15) is 3.63 Å². The average Bonchev–Trinajstić information content (AvgIpc) is 3.10. The summed E-state index contributed by atoms with van der Waals surface area (Å²) in [6, 6.07) is 21.6. The third-order valence-electron chi connectivity index (χ3n) is 4.25. The molecular weight excluding hydrogens is 342 g/mol. The molecule has 4 aromatic rings. The number of nitrogens with zero attached hydrogens (tertiary/aromatic N) is 1. The predicted molar refractivity (Wildman–Crippen MR) is 94.7 cm³/mol. The van der Waals surface area contributed by atoms with Crippen LogP contribution in [0.25, 0.3) is 27.5 Å². The second kappa shape index (κ2) is 5.11. The highest BCUT2D eigenvalue weighted by Crippen LogP contribution is 2.38. The van der Waals surface area contributed by atoms with Crippen LogP contribution >= 0.6 is 0 Å². The Bertz CT molecular complexity index is 1130. The Morgan fingerprint density at radius 1 is 0.708 bits per heavy atom. The number of benzene rings is 3. The van der Waals surface area contributed by atoms with E-state index in [1.54, 1.807) is 6.07 Å². The van der Waals surface area contributed by atoms with E-state index in [4.69, 9.17) is 3.63 Å². The van der Waals surface area contributed by atoms with E-state index in [9.17, 15) is 8.42 Å². The van der Waals surface area contributed by atoms with E-state index in [-0.39, 0.29) is 0 Å². The minimum absolute atomic E-state index is 0.479. The molecule has 1 unspecified atom stereocenters. The van der Waals surface area contributed by atoms with Crippen LogP contribution in [0.4, 0.5) is 0 Å². The molecule has 0 saturated heterocycles.